The number of amides is 1. The summed E-state index contributed by atoms with van der Waals surface area (Å²) in [5.41, 5.74) is 7.66. The molecule has 1 saturated carbocycles. The van der Waals surface area contributed by atoms with Crippen LogP contribution in [0.3, 0.4) is 0 Å². The summed E-state index contributed by atoms with van der Waals surface area (Å²) in [6, 6.07) is 8.10. The van der Waals surface area contributed by atoms with E-state index in [2.05, 4.69) is 24.4 Å². The average Bonchev–Trinajstić information content (AvgIpc) is 3.41. The summed E-state index contributed by atoms with van der Waals surface area (Å²) in [5.74, 6) is 3.00. The van der Waals surface area contributed by atoms with E-state index in [1.807, 2.05) is 35.7 Å². The lowest BCUT2D eigenvalue weighted by atomic mass is 9.95. The molecule has 3 nitrogen and oxygen atoms in total. The van der Waals surface area contributed by atoms with Gasteiger partial charge in [0.15, 0.2) is 0 Å². The van der Waals surface area contributed by atoms with Gasteiger partial charge in [-0.25, -0.2) is 0 Å². The topological polar surface area (TPSA) is 55.1 Å². The molecule has 1 unspecified atom stereocenters. The second kappa shape index (κ2) is 6.85. The molecular formula is C17H24N2OS2. The number of carbonyl (C=O) groups is 1. The van der Waals surface area contributed by atoms with Crippen LogP contribution in [0.1, 0.15) is 46.7 Å². The van der Waals surface area contributed by atoms with Crippen molar-refractivity contribution in [1.82, 2.24) is 5.32 Å². The van der Waals surface area contributed by atoms with Gasteiger partial charge in [0.25, 0.3) is 5.91 Å². The van der Waals surface area contributed by atoms with E-state index in [1.54, 1.807) is 0 Å². The Kier molecular flexibility index (Phi) is 5.05. The van der Waals surface area contributed by atoms with Crippen LogP contribution in [0.15, 0.2) is 24.3 Å². The van der Waals surface area contributed by atoms with Gasteiger partial charge in [-0.1, -0.05) is 12.1 Å². The number of nitrogens with two attached hydrogens (primary N) is 1. The van der Waals surface area contributed by atoms with Crippen molar-refractivity contribution < 1.29 is 4.79 Å². The maximum Gasteiger partial charge on any atom is 0.251 e. The Morgan fingerprint density at radius 2 is 1.91 bits per heavy atom. The van der Waals surface area contributed by atoms with E-state index >= 15 is 0 Å². The number of hydrogen-bond acceptors (Lipinski definition) is 4. The lowest BCUT2D eigenvalue weighted by Gasteiger charge is -2.29. The first-order valence-corrected chi connectivity index (χ1v) is 10.1. The zero-order valence-corrected chi connectivity index (χ0v) is 14.6. The van der Waals surface area contributed by atoms with Crippen molar-refractivity contribution in [2.45, 2.75) is 36.3 Å². The molecule has 0 aromatic heterocycles. The van der Waals surface area contributed by atoms with Gasteiger partial charge in [0.05, 0.1) is 10.1 Å². The van der Waals surface area contributed by atoms with Crippen LogP contribution in [-0.2, 0) is 0 Å². The Bertz CT molecular complexity index is 524. The fourth-order valence-corrected chi connectivity index (χ4v) is 5.74. The molecule has 120 valence electrons. The molecule has 5 heteroatoms. The van der Waals surface area contributed by atoms with Gasteiger partial charge in [0.1, 0.15) is 0 Å². The smallest absolute Gasteiger partial charge is 0.251 e. The quantitative estimate of drug-likeness (QED) is 0.865. The molecule has 2 fully saturated rings. The number of rotatable bonds is 5. The van der Waals surface area contributed by atoms with Gasteiger partial charge < -0.3 is 11.1 Å². The lowest BCUT2D eigenvalue weighted by Crippen LogP contribution is -2.53. The van der Waals surface area contributed by atoms with E-state index in [0.29, 0.717) is 17.0 Å². The Morgan fingerprint density at radius 1 is 1.27 bits per heavy atom. The molecule has 2 aliphatic rings. The second-order valence-electron chi connectivity index (χ2n) is 6.40. The van der Waals surface area contributed by atoms with E-state index in [-0.39, 0.29) is 11.4 Å². The van der Waals surface area contributed by atoms with Crippen molar-refractivity contribution in [2.24, 2.45) is 11.7 Å². The van der Waals surface area contributed by atoms with Gasteiger partial charge in [-0.2, -0.15) is 0 Å². The van der Waals surface area contributed by atoms with E-state index in [9.17, 15) is 4.79 Å². The summed E-state index contributed by atoms with van der Waals surface area (Å²) < 4.78 is 0.520. The first kappa shape index (κ1) is 16.2. The van der Waals surface area contributed by atoms with Crippen LogP contribution in [0.4, 0.5) is 0 Å². The largest absolute Gasteiger partial charge is 0.345 e. The molecule has 22 heavy (non-hydrogen) atoms. The van der Waals surface area contributed by atoms with Gasteiger partial charge in [0.2, 0.25) is 0 Å². The Morgan fingerprint density at radius 3 is 2.45 bits per heavy atom. The zero-order valence-electron chi connectivity index (χ0n) is 13.0. The van der Waals surface area contributed by atoms with Crippen LogP contribution in [0.5, 0.6) is 0 Å². The third-order valence-corrected chi connectivity index (χ3v) is 7.59. The highest BCUT2D eigenvalue weighted by molar-refractivity contribution is 8.16. The monoisotopic (exact) mass is 336 g/mol. The van der Waals surface area contributed by atoms with E-state index in [4.69, 9.17) is 5.73 Å². The summed E-state index contributed by atoms with van der Waals surface area (Å²) in [6.07, 6.45) is 3.64. The van der Waals surface area contributed by atoms with Crippen molar-refractivity contribution in [3.8, 4) is 0 Å². The minimum atomic E-state index is -0.259. The summed E-state index contributed by atoms with van der Waals surface area (Å²) in [5, 5.41) is 3.15. The Balaban J connectivity index is 1.65. The van der Waals surface area contributed by atoms with Crippen LogP contribution in [0, 0.1) is 5.92 Å². The third kappa shape index (κ3) is 3.63. The highest BCUT2D eigenvalue weighted by Crippen LogP contribution is 2.43. The molecule has 1 aromatic carbocycles. The van der Waals surface area contributed by atoms with E-state index < -0.39 is 0 Å². The summed E-state index contributed by atoms with van der Waals surface area (Å²) in [7, 11) is 0. The molecule has 0 radical (unpaired) electrons. The number of nitrogens with one attached hydrogen (secondary N) is 1. The van der Waals surface area contributed by atoms with Crippen LogP contribution in [0.2, 0.25) is 0 Å². The maximum absolute atomic E-state index is 12.5. The molecule has 0 bridgehead atoms. The molecule has 1 aromatic rings. The van der Waals surface area contributed by atoms with Gasteiger partial charge >= 0.3 is 0 Å². The molecule has 1 heterocycles. The van der Waals surface area contributed by atoms with Crippen molar-refractivity contribution in [3.63, 3.8) is 0 Å². The molecular weight excluding hydrogens is 312 g/mol. The number of thioether (sulfide) groups is 2. The van der Waals surface area contributed by atoms with Crippen molar-refractivity contribution in [2.75, 3.05) is 18.1 Å². The standard InChI is InChI=1S/C17H24N2OS2/c1-17(11-18,14-7-8-14)19-15(20)12-3-5-13(6-4-12)16-21-9-2-10-22-16/h3-6,14,16H,2,7-11,18H2,1H3,(H,19,20). The first-order valence-electron chi connectivity index (χ1n) is 7.98. The van der Waals surface area contributed by atoms with Crippen molar-refractivity contribution in [3.05, 3.63) is 35.4 Å². The minimum absolute atomic E-state index is 0.00431. The molecule has 1 saturated heterocycles. The molecule has 1 amide bonds. The molecule has 0 spiro atoms. The van der Waals surface area contributed by atoms with Crippen LogP contribution < -0.4 is 11.1 Å². The lowest BCUT2D eigenvalue weighted by molar-refractivity contribution is 0.0898. The average molecular weight is 337 g/mol. The van der Waals surface area contributed by atoms with Crippen molar-refractivity contribution in [1.29, 1.82) is 0 Å². The second-order valence-corrected chi connectivity index (χ2v) is 9.12. The van der Waals surface area contributed by atoms with Crippen LogP contribution in [-0.4, -0.2) is 29.5 Å². The zero-order chi connectivity index (χ0) is 15.6. The van der Waals surface area contributed by atoms with Gasteiger partial charge in [-0.15, -0.1) is 23.5 Å². The highest BCUT2D eigenvalue weighted by Gasteiger charge is 2.41. The fourth-order valence-electron chi connectivity index (χ4n) is 2.84. The molecule has 3 rings (SSSR count). The van der Waals surface area contributed by atoms with Crippen molar-refractivity contribution >= 4 is 29.4 Å². The molecule has 1 aliphatic heterocycles. The minimum Gasteiger partial charge on any atom is -0.345 e. The Labute approximate surface area is 141 Å². The normalized spacial score (nSPS) is 22.1. The van der Waals surface area contributed by atoms with Gasteiger partial charge in [-0.3, -0.25) is 4.79 Å². The van der Waals surface area contributed by atoms with E-state index in [0.717, 1.165) is 5.56 Å². The summed E-state index contributed by atoms with van der Waals surface area (Å²) in [6.45, 7) is 2.56. The SMILES string of the molecule is CC(CN)(NC(=O)c1ccc(C2SCCCS2)cc1)C1CC1. The van der Waals surface area contributed by atoms with Crippen LogP contribution in [0.25, 0.3) is 0 Å². The summed E-state index contributed by atoms with van der Waals surface area (Å²) in [4.78, 5) is 12.5. The number of carbonyl (C=O) groups excluding carboxylic acids is 1. The predicted molar refractivity (Wildman–Crippen MR) is 96.4 cm³/mol. The van der Waals surface area contributed by atoms with Gasteiger partial charge in [0, 0.05) is 12.1 Å². The number of hydrogen-bond donors (Lipinski definition) is 2. The van der Waals surface area contributed by atoms with Gasteiger partial charge in [-0.05, 0) is 61.3 Å². The predicted octanol–water partition coefficient (Wildman–Crippen LogP) is 3.41. The van der Waals surface area contributed by atoms with E-state index in [1.165, 1.54) is 36.3 Å². The summed E-state index contributed by atoms with van der Waals surface area (Å²) >= 11 is 4.00. The van der Waals surface area contributed by atoms with Crippen LogP contribution >= 0.6 is 23.5 Å². The first-order chi connectivity index (χ1) is 10.6. The maximum atomic E-state index is 12.5. The fraction of sp³-hybridized carbons (Fsp3) is 0.588. The number of benzene rings is 1. The Hall–Kier alpha value is -0.650. The molecule has 3 N–H and O–H groups in total. The highest BCUT2D eigenvalue weighted by atomic mass is 32.2. The molecule has 1 aliphatic carbocycles. The third-order valence-electron chi connectivity index (χ3n) is 4.57. The molecule has 1 atom stereocenters.